The molecule has 11 heteroatoms. The van der Waals surface area contributed by atoms with Gasteiger partial charge < -0.3 is 9.64 Å². The Kier molecular flexibility index (Phi) is 4.53. The van der Waals surface area contributed by atoms with E-state index in [1.165, 1.54) is 0 Å². The first-order valence-corrected chi connectivity index (χ1v) is 7.89. The molecule has 1 atom stereocenters. The first-order chi connectivity index (χ1) is 10.5. The van der Waals surface area contributed by atoms with Gasteiger partial charge >= 0.3 is 6.36 Å². The van der Waals surface area contributed by atoms with Gasteiger partial charge in [0.05, 0.1) is 11.7 Å². The molecule has 128 valence electrons. The van der Waals surface area contributed by atoms with Gasteiger partial charge in [-0.05, 0) is 18.6 Å². The van der Waals surface area contributed by atoms with Crippen molar-refractivity contribution in [2.24, 2.45) is 5.92 Å². The maximum atomic E-state index is 13.6. The zero-order chi connectivity index (χ0) is 17.4. The number of halogens is 4. The van der Waals surface area contributed by atoms with Crippen LogP contribution in [0.4, 0.5) is 23.2 Å². The fourth-order valence-electron chi connectivity index (χ4n) is 2.27. The van der Waals surface area contributed by atoms with Crippen LogP contribution in [0.3, 0.4) is 0 Å². The van der Waals surface area contributed by atoms with Crippen molar-refractivity contribution in [3.63, 3.8) is 0 Å². The van der Waals surface area contributed by atoms with E-state index in [4.69, 9.17) is 4.55 Å². The topological polar surface area (TPSA) is 83.9 Å². The van der Waals surface area contributed by atoms with Crippen molar-refractivity contribution in [1.82, 2.24) is 0 Å². The van der Waals surface area contributed by atoms with Crippen LogP contribution in [0.15, 0.2) is 18.2 Å². The molecule has 2 rings (SSSR count). The van der Waals surface area contributed by atoms with Crippen LogP contribution in [-0.4, -0.2) is 37.5 Å². The molecule has 0 saturated carbocycles. The molecule has 0 radical (unpaired) electrons. The Labute approximate surface area is 128 Å². The van der Waals surface area contributed by atoms with Crippen LogP contribution < -0.4 is 9.64 Å². The van der Waals surface area contributed by atoms with Crippen molar-refractivity contribution in [3.05, 3.63) is 24.0 Å². The highest BCUT2D eigenvalue weighted by atomic mass is 32.2. The van der Waals surface area contributed by atoms with Crippen LogP contribution in [0.25, 0.3) is 0 Å². The van der Waals surface area contributed by atoms with E-state index < -0.39 is 45.6 Å². The van der Waals surface area contributed by atoms with E-state index in [0.29, 0.717) is 6.07 Å². The van der Waals surface area contributed by atoms with Gasteiger partial charge in [0, 0.05) is 18.3 Å². The van der Waals surface area contributed by atoms with Crippen molar-refractivity contribution in [2.45, 2.75) is 12.8 Å². The largest absolute Gasteiger partial charge is 0.573 e. The van der Waals surface area contributed by atoms with Crippen LogP contribution in [0.5, 0.6) is 5.75 Å². The normalized spacial score (nSPS) is 19.3. The zero-order valence-corrected chi connectivity index (χ0v) is 12.2. The van der Waals surface area contributed by atoms with Gasteiger partial charge in [-0.2, -0.15) is 8.42 Å². The van der Waals surface area contributed by atoms with E-state index in [-0.39, 0.29) is 18.7 Å². The minimum Gasteiger partial charge on any atom is -0.403 e. The predicted molar refractivity (Wildman–Crippen MR) is 70.0 cm³/mol. The highest BCUT2D eigenvalue weighted by molar-refractivity contribution is 7.85. The van der Waals surface area contributed by atoms with Crippen LogP contribution >= 0.6 is 0 Å². The van der Waals surface area contributed by atoms with Gasteiger partial charge in [-0.3, -0.25) is 9.35 Å². The molecule has 0 aliphatic carbocycles. The molecule has 1 aromatic rings. The summed E-state index contributed by atoms with van der Waals surface area (Å²) in [5, 5.41) is 0. The fourth-order valence-corrected chi connectivity index (χ4v) is 3.09. The molecule has 6 nitrogen and oxygen atoms in total. The van der Waals surface area contributed by atoms with Gasteiger partial charge in [-0.15, -0.1) is 13.2 Å². The lowest BCUT2D eigenvalue weighted by Crippen LogP contribution is -2.30. The highest BCUT2D eigenvalue weighted by Crippen LogP contribution is 2.31. The monoisotopic (exact) mass is 357 g/mol. The van der Waals surface area contributed by atoms with Gasteiger partial charge in [-0.1, -0.05) is 0 Å². The van der Waals surface area contributed by atoms with Crippen LogP contribution in [0.1, 0.15) is 6.42 Å². The second kappa shape index (κ2) is 5.96. The molecule has 1 N–H and O–H groups in total. The Hall–Kier alpha value is -1.88. The highest BCUT2D eigenvalue weighted by Gasteiger charge is 2.36. The lowest BCUT2D eigenvalue weighted by atomic mass is 10.1. The quantitative estimate of drug-likeness (QED) is 0.658. The standard InChI is InChI=1S/C12H11F4NO5S/c13-9-5-8(1-2-10(9)22-12(14,15)16)17-4-3-7(11(17)18)6-23(19,20)21/h1-2,5,7H,3-4,6H2,(H,19,20,21). The summed E-state index contributed by atoms with van der Waals surface area (Å²) in [5.74, 6) is -4.76. The lowest BCUT2D eigenvalue weighted by molar-refractivity contribution is -0.275. The van der Waals surface area contributed by atoms with Crippen LogP contribution in [-0.2, 0) is 14.9 Å². The Bertz CT molecular complexity index is 719. The van der Waals surface area contributed by atoms with E-state index in [1.54, 1.807) is 0 Å². The maximum Gasteiger partial charge on any atom is 0.573 e. The number of nitrogens with zero attached hydrogens (tertiary/aromatic N) is 1. The summed E-state index contributed by atoms with van der Waals surface area (Å²) >= 11 is 0. The minimum absolute atomic E-state index is 0.0279. The van der Waals surface area contributed by atoms with Crippen molar-refractivity contribution < 1.29 is 40.1 Å². The summed E-state index contributed by atoms with van der Waals surface area (Å²) < 4.78 is 83.7. The average Bonchev–Trinajstić information content (AvgIpc) is 2.70. The minimum atomic E-state index is -5.05. The van der Waals surface area contributed by atoms with E-state index in [0.717, 1.165) is 17.0 Å². The number of benzene rings is 1. The van der Waals surface area contributed by atoms with Crippen LogP contribution in [0, 0.1) is 11.7 Å². The number of hydrogen-bond acceptors (Lipinski definition) is 4. The summed E-state index contributed by atoms with van der Waals surface area (Å²) in [7, 11) is -4.35. The predicted octanol–water partition coefficient (Wildman–Crippen LogP) is 1.96. The van der Waals surface area contributed by atoms with Gasteiger partial charge in [-0.25, -0.2) is 4.39 Å². The Balaban J connectivity index is 2.17. The van der Waals surface area contributed by atoms with Crippen molar-refractivity contribution in [3.8, 4) is 5.75 Å². The van der Waals surface area contributed by atoms with Crippen LogP contribution in [0.2, 0.25) is 0 Å². The van der Waals surface area contributed by atoms with Crippen molar-refractivity contribution in [2.75, 3.05) is 17.2 Å². The molecule has 1 amide bonds. The smallest absolute Gasteiger partial charge is 0.403 e. The summed E-state index contributed by atoms with van der Waals surface area (Å²) in [6, 6.07) is 2.47. The second-order valence-electron chi connectivity index (χ2n) is 4.89. The molecule has 1 unspecified atom stereocenters. The molecular weight excluding hydrogens is 346 g/mol. The van der Waals surface area contributed by atoms with E-state index in [9.17, 15) is 30.8 Å². The van der Waals surface area contributed by atoms with E-state index in [1.807, 2.05) is 0 Å². The molecule has 1 heterocycles. The first kappa shape index (κ1) is 17.5. The third-order valence-electron chi connectivity index (χ3n) is 3.18. The Morgan fingerprint density at radius 1 is 1.35 bits per heavy atom. The third-order valence-corrected chi connectivity index (χ3v) is 4.00. The first-order valence-electron chi connectivity index (χ1n) is 6.28. The van der Waals surface area contributed by atoms with Gasteiger partial charge in [0.2, 0.25) is 5.91 Å². The maximum absolute atomic E-state index is 13.6. The summed E-state index contributed by atoms with van der Waals surface area (Å²) in [4.78, 5) is 13.1. The molecular formula is C12H11F4NO5S. The average molecular weight is 357 g/mol. The molecule has 1 aliphatic rings. The number of carbonyl (C=O) groups excluding carboxylic acids is 1. The summed E-state index contributed by atoms with van der Waals surface area (Å²) in [5.41, 5.74) is -0.0279. The molecule has 0 bridgehead atoms. The molecule has 1 saturated heterocycles. The number of hydrogen-bond donors (Lipinski definition) is 1. The molecule has 0 spiro atoms. The number of rotatable bonds is 4. The second-order valence-corrected chi connectivity index (χ2v) is 6.38. The molecule has 1 fully saturated rings. The van der Waals surface area contributed by atoms with Gasteiger partial charge in [0.1, 0.15) is 0 Å². The number of carbonyl (C=O) groups is 1. The number of amides is 1. The third kappa shape index (κ3) is 4.55. The Morgan fingerprint density at radius 2 is 2.00 bits per heavy atom. The van der Waals surface area contributed by atoms with E-state index >= 15 is 0 Å². The fraction of sp³-hybridized carbons (Fsp3) is 0.417. The number of ether oxygens (including phenoxy) is 1. The number of anilines is 1. The lowest BCUT2D eigenvalue weighted by Gasteiger charge is -2.18. The summed E-state index contributed by atoms with van der Waals surface area (Å²) in [6.45, 7) is 0.0535. The molecule has 1 aromatic carbocycles. The van der Waals surface area contributed by atoms with Crippen molar-refractivity contribution in [1.29, 1.82) is 0 Å². The molecule has 23 heavy (non-hydrogen) atoms. The number of alkyl halides is 3. The van der Waals surface area contributed by atoms with Gasteiger partial charge in [0.25, 0.3) is 10.1 Å². The zero-order valence-electron chi connectivity index (χ0n) is 11.4. The SMILES string of the molecule is O=C1C(CS(=O)(=O)O)CCN1c1ccc(OC(F)(F)F)c(F)c1. The molecule has 0 aromatic heterocycles. The molecule has 1 aliphatic heterocycles. The van der Waals surface area contributed by atoms with E-state index in [2.05, 4.69) is 4.74 Å². The van der Waals surface area contributed by atoms with Crippen molar-refractivity contribution >= 4 is 21.7 Å². The summed E-state index contributed by atoms with van der Waals surface area (Å²) in [6.07, 6.45) is -4.94. The van der Waals surface area contributed by atoms with Gasteiger partial charge in [0.15, 0.2) is 11.6 Å². The Morgan fingerprint density at radius 3 is 2.52 bits per heavy atom.